The van der Waals surface area contributed by atoms with Crippen LogP contribution in [0.5, 0.6) is 0 Å². The van der Waals surface area contributed by atoms with Crippen LogP contribution in [0.2, 0.25) is 10.0 Å². The number of amides is 2. The minimum absolute atomic E-state index is 0.192. The molecule has 1 saturated carbocycles. The third-order valence-electron chi connectivity index (χ3n) is 9.37. The Morgan fingerprint density at radius 3 is 2.38 bits per heavy atom. The van der Waals surface area contributed by atoms with E-state index >= 15 is 0 Å². The quantitative estimate of drug-likeness (QED) is 0.211. The zero-order valence-electron chi connectivity index (χ0n) is 28.2. The van der Waals surface area contributed by atoms with E-state index in [0.717, 1.165) is 30.4 Å². The van der Waals surface area contributed by atoms with Gasteiger partial charge in [0.05, 0.1) is 30.0 Å². The summed E-state index contributed by atoms with van der Waals surface area (Å²) < 4.78 is 5.53. The fourth-order valence-corrected chi connectivity index (χ4v) is 7.49. The summed E-state index contributed by atoms with van der Waals surface area (Å²) in [6, 6.07) is 19.4. The van der Waals surface area contributed by atoms with Gasteiger partial charge in [-0.05, 0) is 93.3 Å². The molecule has 2 N–H and O–H groups in total. The molecule has 0 saturated heterocycles. The minimum atomic E-state index is -0.757. The first kappa shape index (κ1) is 35.9. The van der Waals surface area contributed by atoms with Crippen LogP contribution in [0.15, 0.2) is 66.7 Å². The van der Waals surface area contributed by atoms with E-state index in [-0.39, 0.29) is 23.7 Å². The number of nitrogens with zero attached hydrogens (tertiary/aromatic N) is 1. The summed E-state index contributed by atoms with van der Waals surface area (Å²) in [4.78, 5) is 42.7. The van der Waals surface area contributed by atoms with Crippen LogP contribution in [0.1, 0.15) is 104 Å². The van der Waals surface area contributed by atoms with Crippen LogP contribution in [0.25, 0.3) is 0 Å². The molecule has 0 unspecified atom stereocenters. The molecule has 0 radical (unpaired) electrons. The summed E-state index contributed by atoms with van der Waals surface area (Å²) in [6.07, 6.45) is 4.30. The predicted octanol–water partition coefficient (Wildman–Crippen LogP) is 7.85. The van der Waals surface area contributed by atoms with E-state index in [2.05, 4.69) is 17.4 Å². The molecule has 3 aromatic carbocycles. The standard InChI is InChI=1S/C39H46Cl2N2O5/c1-24(38(47)48-39(2,3)4)16-17-25-10-9-11-26(22-25)20-21-42-36(45)34-28-12-5-6-13-29(28)37(46)43(32-14-7-8-15-33(32)44)35(34)30-19-18-27(40)23-31(30)41/h5-6,9-13,18-19,22-24,32-35,44H,7-8,14-17,20-21H2,1-4H3,(H,42,45)/t24-,32+,33+,34-,35+/m1/s1. The lowest BCUT2D eigenvalue weighted by molar-refractivity contribution is -0.159. The van der Waals surface area contributed by atoms with Crippen molar-refractivity contribution >= 4 is 41.0 Å². The Morgan fingerprint density at radius 1 is 0.958 bits per heavy atom. The average Bonchev–Trinajstić information content (AvgIpc) is 3.03. The average molecular weight is 694 g/mol. The molecule has 0 spiro atoms. The highest BCUT2D eigenvalue weighted by Gasteiger charge is 2.48. The van der Waals surface area contributed by atoms with E-state index in [9.17, 15) is 19.5 Å². The van der Waals surface area contributed by atoms with Crippen LogP contribution in [0.4, 0.5) is 0 Å². The molecule has 2 amide bonds. The maximum Gasteiger partial charge on any atom is 0.309 e. The van der Waals surface area contributed by atoms with Crippen molar-refractivity contribution in [2.24, 2.45) is 5.92 Å². The number of carbonyl (C=O) groups is 3. The van der Waals surface area contributed by atoms with Gasteiger partial charge in [-0.2, -0.15) is 0 Å². The number of aliphatic hydroxyl groups excluding tert-OH is 1. The van der Waals surface area contributed by atoms with Gasteiger partial charge in [0.15, 0.2) is 0 Å². The van der Waals surface area contributed by atoms with Crippen molar-refractivity contribution in [3.63, 3.8) is 0 Å². The first-order valence-electron chi connectivity index (χ1n) is 17.0. The lowest BCUT2D eigenvalue weighted by Crippen LogP contribution is -2.55. The van der Waals surface area contributed by atoms with Crippen molar-refractivity contribution in [1.82, 2.24) is 10.2 Å². The zero-order chi connectivity index (χ0) is 34.6. The fraction of sp³-hybridized carbons (Fsp3) is 0.462. The SMILES string of the molecule is C[C@H](CCc1cccc(CCNC(=O)[C@@H]2c3ccccc3C(=O)N([C@H]3CCCC[C@@H]3O)[C@H]2c2ccc(Cl)cc2Cl)c1)C(=O)OC(C)(C)C. The number of benzene rings is 3. The second-order valence-electron chi connectivity index (χ2n) is 14.1. The van der Waals surface area contributed by atoms with Gasteiger partial charge in [-0.3, -0.25) is 14.4 Å². The highest BCUT2D eigenvalue weighted by molar-refractivity contribution is 6.35. The molecular formula is C39H46Cl2N2O5. The van der Waals surface area contributed by atoms with Gasteiger partial charge in [0.2, 0.25) is 5.91 Å². The highest BCUT2D eigenvalue weighted by Crippen LogP contribution is 2.47. The van der Waals surface area contributed by atoms with Crippen molar-refractivity contribution in [1.29, 1.82) is 0 Å². The number of carbonyl (C=O) groups excluding carboxylic acids is 3. The van der Waals surface area contributed by atoms with E-state index in [1.807, 2.05) is 52.0 Å². The second kappa shape index (κ2) is 15.4. The summed E-state index contributed by atoms with van der Waals surface area (Å²) in [6.45, 7) is 7.89. The first-order valence-corrected chi connectivity index (χ1v) is 17.7. The second-order valence-corrected chi connectivity index (χ2v) is 15.0. The van der Waals surface area contributed by atoms with Crippen LogP contribution in [-0.4, -0.2) is 52.1 Å². The van der Waals surface area contributed by atoms with Crippen LogP contribution in [0, 0.1) is 5.92 Å². The summed E-state index contributed by atoms with van der Waals surface area (Å²) in [5, 5.41) is 15.1. The predicted molar refractivity (Wildman–Crippen MR) is 189 cm³/mol. The number of rotatable bonds is 10. The summed E-state index contributed by atoms with van der Waals surface area (Å²) >= 11 is 13.1. The van der Waals surface area contributed by atoms with Gasteiger partial charge in [-0.1, -0.05) is 91.5 Å². The third kappa shape index (κ3) is 8.42. The number of hydrogen-bond acceptors (Lipinski definition) is 5. The molecule has 3 aromatic rings. The van der Waals surface area contributed by atoms with Crippen molar-refractivity contribution < 1.29 is 24.2 Å². The number of fused-ring (bicyclic) bond motifs is 1. The molecule has 256 valence electrons. The number of hydrogen-bond donors (Lipinski definition) is 2. The Labute approximate surface area is 294 Å². The Morgan fingerprint density at radius 2 is 1.67 bits per heavy atom. The summed E-state index contributed by atoms with van der Waals surface area (Å²) in [5.41, 5.74) is 3.40. The van der Waals surface area contributed by atoms with Crippen LogP contribution < -0.4 is 5.32 Å². The number of aryl methyl sites for hydroxylation is 1. The van der Waals surface area contributed by atoms with E-state index in [4.69, 9.17) is 27.9 Å². The summed E-state index contributed by atoms with van der Waals surface area (Å²) in [5.74, 6) is -1.60. The normalized spacial score (nSPS) is 21.7. The minimum Gasteiger partial charge on any atom is -0.460 e. The van der Waals surface area contributed by atoms with E-state index in [1.165, 1.54) is 0 Å². The van der Waals surface area contributed by atoms with Gasteiger partial charge in [-0.25, -0.2) is 0 Å². The van der Waals surface area contributed by atoms with E-state index < -0.39 is 29.7 Å². The van der Waals surface area contributed by atoms with E-state index in [1.54, 1.807) is 35.2 Å². The van der Waals surface area contributed by atoms with Crippen LogP contribution in [0.3, 0.4) is 0 Å². The molecule has 0 aromatic heterocycles. The maximum absolute atomic E-state index is 14.3. The largest absolute Gasteiger partial charge is 0.460 e. The highest BCUT2D eigenvalue weighted by atomic mass is 35.5. The van der Waals surface area contributed by atoms with Crippen molar-refractivity contribution in [2.75, 3.05) is 6.54 Å². The van der Waals surface area contributed by atoms with Crippen LogP contribution >= 0.6 is 23.2 Å². The Hall–Kier alpha value is -3.39. The monoisotopic (exact) mass is 692 g/mol. The molecule has 5 atom stereocenters. The lowest BCUT2D eigenvalue weighted by Gasteiger charge is -2.48. The Balaban J connectivity index is 1.36. The molecule has 1 fully saturated rings. The number of aliphatic hydroxyl groups is 1. The summed E-state index contributed by atoms with van der Waals surface area (Å²) in [7, 11) is 0. The number of nitrogens with one attached hydrogen (secondary N) is 1. The first-order chi connectivity index (χ1) is 22.8. The fourth-order valence-electron chi connectivity index (χ4n) is 6.97. The van der Waals surface area contributed by atoms with Gasteiger partial charge in [0.1, 0.15) is 5.60 Å². The molecule has 2 aliphatic rings. The van der Waals surface area contributed by atoms with Gasteiger partial charge in [-0.15, -0.1) is 0 Å². The van der Waals surface area contributed by atoms with Crippen molar-refractivity contribution in [3.05, 3.63) is 105 Å². The Kier molecular flexibility index (Phi) is 11.5. The lowest BCUT2D eigenvalue weighted by atomic mass is 9.76. The number of esters is 1. The molecule has 7 nitrogen and oxygen atoms in total. The molecular weight excluding hydrogens is 647 g/mol. The zero-order valence-corrected chi connectivity index (χ0v) is 29.7. The number of ether oxygens (including phenoxy) is 1. The Bertz CT molecular complexity index is 1640. The molecule has 9 heteroatoms. The molecule has 0 bridgehead atoms. The maximum atomic E-state index is 14.3. The molecule has 5 rings (SSSR count). The molecule has 48 heavy (non-hydrogen) atoms. The topological polar surface area (TPSA) is 95.9 Å². The molecule has 1 aliphatic heterocycles. The number of halogens is 2. The molecule has 1 aliphatic carbocycles. The van der Waals surface area contributed by atoms with Crippen molar-refractivity contribution in [2.45, 2.75) is 102 Å². The van der Waals surface area contributed by atoms with E-state index in [0.29, 0.717) is 59.0 Å². The van der Waals surface area contributed by atoms with Gasteiger partial charge < -0.3 is 20.1 Å². The van der Waals surface area contributed by atoms with Crippen molar-refractivity contribution in [3.8, 4) is 0 Å². The third-order valence-corrected chi connectivity index (χ3v) is 9.93. The van der Waals surface area contributed by atoms with Gasteiger partial charge in [0.25, 0.3) is 5.91 Å². The smallest absolute Gasteiger partial charge is 0.309 e. The van der Waals surface area contributed by atoms with Crippen LogP contribution in [-0.2, 0) is 27.2 Å². The van der Waals surface area contributed by atoms with Gasteiger partial charge in [0, 0.05) is 22.2 Å². The van der Waals surface area contributed by atoms with Gasteiger partial charge >= 0.3 is 5.97 Å². The molecule has 1 heterocycles.